The number of hydrogen-bond donors (Lipinski definition) is 0. The summed E-state index contributed by atoms with van der Waals surface area (Å²) in [7, 11) is 0. The van der Waals surface area contributed by atoms with Crippen molar-refractivity contribution < 1.29 is 4.79 Å². The summed E-state index contributed by atoms with van der Waals surface area (Å²) in [6.45, 7) is 3.29. The molecule has 0 saturated carbocycles. The van der Waals surface area contributed by atoms with E-state index in [1.807, 2.05) is 96.8 Å². The Balaban J connectivity index is 1.95. The van der Waals surface area contributed by atoms with Crippen molar-refractivity contribution in [2.75, 3.05) is 6.54 Å². The minimum Gasteiger partial charge on any atom is -0.335 e. The Morgan fingerprint density at radius 3 is 1.92 bits per heavy atom. The lowest BCUT2D eigenvalue weighted by Gasteiger charge is -2.23. The van der Waals surface area contributed by atoms with Crippen LogP contribution in [0.3, 0.4) is 0 Å². The highest BCUT2D eigenvalue weighted by molar-refractivity contribution is 6.24. The lowest BCUT2D eigenvalue weighted by Crippen LogP contribution is -2.31. The number of rotatable bonds is 6. The Kier molecular flexibility index (Phi) is 6.00. The second-order valence-corrected chi connectivity index (χ2v) is 6.14. The summed E-state index contributed by atoms with van der Waals surface area (Å²) in [5, 5.41) is 0. The van der Waals surface area contributed by atoms with Gasteiger partial charge in [-0.2, -0.15) is 0 Å². The lowest BCUT2D eigenvalue weighted by molar-refractivity contribution is -0.125. The number of hydrogen-bond acceptors (Lipinski definition) is 1. The van der Waals surface area contributed by atoms with Gasteiger partial charge in [0, 0.05) is 18.7 Å². The van der Waals surface area contributed by atoms with E-state index in [0.29, 0.717) is 13.1 Å². The maximum Gasteiger partial charge on any atom is 0.254 e. The molecule has 1 amide bonds. The molecule has 2 heteroatoms. The van der Waals surface area contributed by atoms with Crippen molar-refractivity contribution in [2.24, 2.45) is 0 Å². The molecule has 3 aromatic carbocycles. The molecule has 0 fully saturated rings. The van der Waals surface area contributed by atoms with Crippen LogP contribution in [0.1, 0.15) is 23.6 Å². The minimum atomic E-state index is 0.0476. The highest BCUT2D eigenvalue weighted by atomic mass is 16.2. The van der Waals surface area contributed by atoms with Crippen molar-refractivity contribution >= 4 is 17.6 Å². The molecule has 0 aliphatic carbocycles. The van der Waals surface area contributed by atoms with E-state index >= 15 is 0 Å². The minimum absolute atomic E-state index is 0.0476. The molecule has 2 nitrogen and oxygen atoms in total. The first-order chi connectivity index (χ1) is 12.8. The van der Waals surface area contributed by atoms with E-state index in [4.69, 9.17) is 0 Å². The summed E-state index contributed by atoms with van der Waals surface area (Å²) in [4.78, 5) is 15.2. The van der Waals surface area contributed by atoms with Gasteiger partial charge in [0.2, 0.25) is 0 Å². The van der Waals surface area contributed by atoms with E-state index in [0.717, 1.165) is 22.3 Å². The van der Waals surface area contributed by atoms with E-state index in [2.05, 4.69) is 12.1 Å². The molecule has 0 aliphatic rings. The summed E-state index contributed by atoms with van der Waals surface area (Å²) in [5.74, 6) is 0.0476. The van der Waals surface area contributed by atoms with Gasteiger partial charge in [-0.15, -0.1) is 0 Å². The first-order valence-corrected chi connectivity index (χ1v) is 8.93. The molecule has 0 bridgehead atoms. The van der Waals surface area contributed by atoms with Crippen molar-refractivity contribution in [3.8, 4) is 0 Å². The quantitative estimate of drug-likeness (QED) is 0.441. The van der Waals surface area contributed by atoms with Crippen LogP contribution in [-0.4, -0.2) is 17.4 Å². The molecule has 0 N–H and O–H groups in total. The molecule has 3 aromatic rings. The van der Waals surface area contributed by atoms with E-state index in [1.165, 1.54) is 0 Å². The van der Waals surface area contributed by atoms with E-state index in [-0.39, 0.29) is 5.91 Å². The van der Waals surface area contributed by atoms with Crippen LogP contribution in [0.4, 0.5) is 0 Å². The number of carbonyl (C=O) groups is 1. The first kappa shape index (κ1) is 17.7. The smallest absolute Gasteiger partial charge is 0.254 e. The summed E-state index contributed by atoms with van der Waals surface area (Å²) >= 11 is 0. The average Bonchev–Trinajstić information content (AvgIpc) is 2.72. The SMILES string of the molecule is CCN(Cc1ccccc1)C(=O)/C(=C/c1ccccc1)c1ccccc1. The van der Waals surface area contributed by atoms with Gasteiger partial charge in [-0.1, -0.05) is 91.0 Å². The van der Waals surface area contributed by atoms with Gasteiger partial charge in [-0.25, -0.2) is 0 Å². The standard InChI is InChI=1S/C24H23NO/c1-2-25(19-21-14-8-4-9-15-21)24(26)23(22-16-10-5-11-17-22)18-20-12-6-3-7-13-20/h3-18H,2,19H2,1H3/b23-18+. The highest BCUT2D eigenvalue weighted by Crippen LogP contribution is 2.22. The highest BCUT2D eigenvalue weighted by Gasteiger charge is 2.18. The number of likely N-dealkylation sites (N-methyl/N-ethyl adjacent to an activating group) is 1. The van der Waals surface area contributed by atoms with E-state index < -0.39 is 0 Å². The molecule has 0 aromatic heterocycles. The van der Waals surface area contributed by atoms with Crippen LogP contribution in [0.25, 0.3) is 11.6 Å². The normalized spacial score (nSPS) is 11.2. The van der Waals surface area contributed by atoms with Crippen molar-refractivity contribution in [3.05, 3.63) is 108 Å². The van der Waals surface area contributed by atoms with Gasteiger partial charge in [0.15, 0.2) is 0 Å². The van der Waals surface area contributed by atoms with Crippen molar-refractivity contribution in [1.29, 1.82) is 0 Å². The monoisotopic (exact) mass is 341 g/mol. The summed E-state index contributed by atoms with van der Waals surface area (Å²) < 4.78 is 0. The lowest BCUT2D eigenvalue weighted by atomic mass is 10.0. The molecule has 26 heavy (non-hydrogen) atoms. The van der Waals surface area contributed by atoms with Crippen LogP contribution in [0.15, 0.2) is 91.0 Å². The topological polar surface area (TPSA) is 20.3 Å². The fourth-order valence-corrected chi connectivity index (χ4v) is 2.90. The Bertz CT molecular complexity index is 854. The molecule has 0 heterocycles. The third-order valence-electron chi connectivity index (χ3n) is 4.31. The largest absolute Gasteiger partial charge is 0.335 e. The van der Waals surface area contributed by atoms with Crippen LogP contribution in [0.5, 0.6) is 0 Å². The second-order valence-electron chi connectivity index (χ2n) is 6.14. The Morgan fingerprint density at radius 1 is 0.808 bits per heavy atom. The number of carbonyl (C=O) groups excluding carboxylic acids is 1. The number of amides is 1. The van der Waals surface area contributed by atoms with Gasteiger partial charge in [-0.3, -0.25) is 4.79 Å². The summed E-state index contributed by atoms with van der Waals surface area (Å²) in [5.41, 5.74) is 3.81. The van der Waals surface area contributed by atoms with Crippen LogP contribution >= 0.6 is 0 Å². The third kappa shape index (κ3) is 4.48. The predicted molar refractivity (Wildman–Crippen MR) is 108 cm³/mol. The maximum absolute atomic E-state index is 13.3. The van der Waals surface area contributed by atoms with Crippen molar-refractivity contribution in [1.82, 2.24) is 4.90 Å². The number of nitrogens with zero attached hydrogens (tertiary/aromatic N) is 1. The van der Waals surface area contributed by atoms with Crippen LogP contribution in [-0.2, 0) is 11.3 Å². The predicted octanol–water partition coefficient (Wildman–Crippen LogP) is 5.28. The van der Waals surface area contributed by atoms with Gasteiger partial charge in [0.05, 0.1) is 0 Å². The maximum atomic E-state index is 13.3. The Labute approximate surface area is 155 Å². The fraction of sp³-hybridized carbons (Fsp3) is 0.125. The molecule has 0 unspecified atom stereocenters. The second kappa shape index (κ2) is 8.82. The molecule has 3 rings (SSSR count). The van der Waals surface area contributed by atoms with Crippen LogP contribution in [0.2, 0.25) is 0 Å². The van der Waals surface area contributed by atoms with Gasteiger partial charge >= 0.3 is 0 Å². The molecule has 130 valence electrons. The van der Waals surface area contributed by atoms with Gasteiger partial charge in [-0.05, 0) is 29.7 Å². The zero-order chi connectivity index (χ0) is 18.2. The van der Waals surface area contributed by atoms with Crippen molar-refractivity contribution in [3.63, 3.8) is 0 Å². The van der Waals surface area contributed by atoms with E-state index in [1.54, 1.807) is 0 Å². The molecule has 0 atom stereocenters. The molecular formula is C24H23NO. The molecule has 0 aliphatic heterocycles. The van der Waals surface area contributed by atoms with Crippen molar-refractivity contribution in [2.45, 2.75) is 13.5 Å². The Morgan fingerprint density at radius 2 is 1.35 bits per heavy atom. The molecule has 0 radical (unpaired) electrons. The van der Waals surface area contributed by atoms with Gasteiger partial charge in [0.25, 0.3) is 5.91 Å². The van der Waals surface area contributed by atoms with Crippen LogP contribution < -0.4 is 0 Å². The van der Waals surface area contributed by atoms with Gasteiger partial charge < -0.3 is 4.90 Å². The average molecular weight is 341 g/mol. The first-order valence-electron chi connectivity index (χ1n) is 8.93. The molecule has 0 saturated heterocycles. The zero-order valence-electron chi connectivity index (χ0n) is 15.0. The van der Waals surface area contributed by atoms with Gasteiger partial charge in [0.1, 0.15) is 0 Å². The summed E-state index contributed by atoms with van der Waals surface area (Å²) in [6, 6.07) is 30.0. The third-order valence-corrected chi connectivity index (χ3v) is 4.31. The Hall–Kier alpha value is -3.13. The summed E-state index contributed by atoms with van der Waals surface area (Å²) in [6.07, 6.45) is 1.98. The fourth-order valence-electron chi connectivity index (χ4n) is 2.90. The number of benzene rings is 3. The van der Waals surface area contributed by atoms with Crippen LogP contribution in [0, 0.1) is 0 Å². The molecule has 0 spiro atoms. The molecular weight excluding hydrogens is 318 g/mol. The van der Waals surface area contributed by atoms with E-state index in [9.17, 15) is 4.79 Å². The zero-order valence-corrected chi connectivity index (χ0v) is 15.0.